The van der Waals surface area contributed by atoms with Gasteiger partial charge in [-0.05, 0) is 76.0 Å². The second kappa shape index (κ2) is 6.79. The molecule has 0 saturated heterocycles. The van der Waals surface area contributed by atoms with Crippen LogP contribution < -0.4 is 0 Å². The van der Waals surface area contributed by atoms with Gasteiger partial charge in [-0.25, -0.2) is 0 Å². The number of hydrogen-bond donors (Lipinski definition) is 0. The van der Waals surface area contributed by atoms with Gasteiger partial charge in [-0.3, -0.25) is 9.98 Å². The maximum Gasteiger partial charge on any atom is 0.189 e. The van der Waals surface area contributed by atoms with Crippen LogP contribution in [0.1, 0.15) is 64.2 Å². The summed E-state index contributed by atoms with van der Waals surface area (Å²) in [4.78, 5) is 8.96. The fourth-order valence-corrected chi connectivity index (χ4v) is 6.30. The Labute approximate surface area is 158 Å². The molecule has 140 valence electrons. The first-order chi connectivity index (χ1) is 11.8. The second-order valence-corrected chi connectivity index (χ2v) is 8.93. The molecule has 6 rings (SSSR count). The lowest BCUT2D eigenvalue weighted by atomic mass is 9.84. The van der Waals surface area contributed by atoms with Crippen molar-refractivity contribution in [2.75, 3.05) is 26.3 Å². The summed E-state index contributed by atoms with van der Waals surface area (Å²) in [5.74, 6) is 4.22. The standard InChI is InChI=1S/2C10H15NO.H2S/c2*1-3-10(4-2-8(1)7-10)9-11-5-6-12-9;/h2*8H,1-7H2;1H2. The lowest BCUT2D eigenvalue weighted by Crippen LogP contribution is -2.26. The number of aliphatic imine (C=N–C) groups is 2. The summed E-state index contributed by atoms with van der Waals surface area (Å²) in [7, 11) is 0. The summed E-state index contributed by atoms with van der Waals surface area (Å²) in [5, 5.41) is 0. The average molecular weight is 365 g/mol. The van der Waals surface area contributed by atoms with Crippen molar-refractivity contribution in [1.29, 1.82) is 0 Å². The average Bonchev–Trinajstić information content (AvgIpc) is 3.47. The molecule has 4 bridgehead atoms. The van der Waals surface area contributed by atoms with Crippen molar-refractivity contribution in [1.82, 2.24) is 0 Å². The van der Waals surface area contributed by atoms with Gasteiger partial charge in [-0.2, -0.15) is 13.5 Å². The number of nitrogens with zero attached hydrogens (tertiary/aromatic N) is 2. The Morgan fingerprint density at radius 1 is 0.680 bits per heavy atom. The molecule has 4 aliphatic carbocycles. The zero-order valence-electron chi connectivity index (χ0n) is 15.3. The Kier molecular flexibility index (Phi) is 4.80. The molecule has 0 radical (unpaired) electrons. The van der Waals surface area contributed by atoms with Gasteiger partial charge in [0.1, 0.15) is 13.2 Å². The van der Waals surface area contributed by atoms with E-state index in [0.29, 0.717) is 10.8 Å². The third-order valence-electron chi connectivity index (χ3n) is 7.56. The maximum absolute atomic E-state index is 5.61. The Morgan fingerprint density at radius 3 is 1.32 bits per heavy atom. The van der Waals surface area contributed by atoms with Crippen LogP contribution in [-0.4, -0.2) is 38.1 Å². The summed E-state index contributed by atoms with van der Waals surface area (Å²) in [6.45, 7) is 3.48. The molecule has 25 heavy (non-hydrogen) atoms. The van der Waals surface area contributed by atoms with Crippen molar-refractivity contribution in [2.24, 2.45) is 32.7 Å². The van der Waals surface area contributed by atoms with Crippen LogP contribution in [-0.2, 0) is 9.47 Å². The molecule has 0 aromatic carbocycles. The van der Waals surface area contributed by atoms with Gasteiger partial charge in [-0.15, -0.1) is 0 Å². The third-order valence-corrected chi connectivity index (χ3v) is 7.56. The SMILES string of the molecule is C1COC(C23CCC(CC2)C3)=N1.C1COC(C23CCC(CC2)C3)=N1.S. The molecule has 2 aliphatic heterocycles. The Morgan fingerprint density at radius 2 is 1.08 bits per heavy atom. The first kappa shape index (κ1) is 17.7. The zero-order chi connectivity index (χ0) is 16.0. The topological polar surface area (TPSA) is 43.2 Å². The Hall–Kier alpha value is -0.710. The van der Waals surface area contributed by atoms with Crippen molar-refractivity contribution in [3.05, 3.63) is 0 Å². The molecule has 0 aromatic rings. The van der Waals surface area contributed by atoms with E-state index < -0.39 is 0 Å². The minimum atomic E-state index is 0. The molecule has 5 heteroatoms. The van der Waals surface area contributed by atoms with Crippen LogP contribution in [0.5, 0.6) is 0 Å². The smallest absolute Gasteiger partial charge is 0.189 e. The summed E-state index contributed by atoms with van der Waals surface area (Å²) in [5.41, 5.74) is 0.836. The molecule has 6 aliphatic rings. The second-order valence-electron chi connectivity index (χ2n) is 8.93. The lowest BCUT2D eigenvalue weighted by Gasteiger charge is -2.25. The van der Waals surface area contributed by atoms with E-state index in [9.17, 15) is 0 Å². The highest BCUT2D eigenvalue weighted by Gasteiger charge is 2.51. The monoisotopic (exact) mass is 364 g/mol. The predicted molar refractivity (Wildman–Crippen MR) is 105 cm³/mol. The van der Waals surface area contributed by atoms with E-state index in [-0.39, 0.29) is 13.5 Å². The van der Waals surface area contributed by atoms with Crippen molar-refractivity contribution in [3.63, 3.8) is 0 Å². The van der Waals surface area contributed by atoms with E-state index in [0.717, 1.165) is 49.9 Å². The molecule has 0 spiro atoms. The number of hydrogen-bond acceptors (Lipinski definition) is 4. The number of fused-ring (bicyclic) bond motifs is 4. The van der Waals surface area contributed by atoms with E-state index in [1.165, 1.54) is 64.2 Å². The third kappa shape index (κ3) is 3.00. The van der Waals surface area contributed by atoms with Gasteiger partial charge >= 0.3 is 0 Å². The van der Waals surface area contributed by atoms with Crippen molar-refractivity contribution < 1.29 is 9.47 Å². The first-order valence-electron chi connectivity index (χ1n) is 10.1. The van der Waals surface area contributed by atoms with Crippen LogP contribution >= 0.6 is 13.5 Å². The highest BCUT2D eigenvalue weighted by molar-refractivity contribution is 7.59. The fourth-order valence-electron chi connectivity index (χ4n) is 6.30. The molecule has 2 heterocycles. The minimum Gasteiger partial charge on any atom is -0.479 e. The Balaban J connectivity index is 0.000000121. The summed E-state index contributed by atoms with van der Waals surface area (Å²) < 4.78 is 11.2. The van der Waals surface area contributed by atoms with Gasteiger partial charge in [0.2, 0.25) is 0 Å². The van der Waals surface area contributed by atoms with Crippen molar-refractivity contribution in [2.45, 2.75) is 64.2 Å². The molecular weight excluding hydrogens is 332 g/mol. The number of rotatable bonds is 2. The van der Waals surface area contributed by atoms with Gasteiger partial charge in [0.05, 0.1) is 13.1 Å². The minimum absolute atomic E-state index is 0. The van der Waals surface area contributed by atoms with E-state index in [4.69, 9.17) is 9.47 Å². The molecule has 0 N–H and O–H groups in total. The summed E-state index contributed by atoms with van der Waals surface area (Å²) >= 11 is 0. The molecular formula is C20H32N2O2S. The van der Waals surface area contributed by atoms with E-state index in [2.05, 4.69) is 9.98 Å². The van der Waals surface area contributed by atoms with E-state index >= 15 is 0 Å². The largest absolute Gasteiger partial charge is 0.479 e. The lowest BCUT2D eigenvalue weighted by molar-refractivity contribution is 0.273. The molecule has 0 unspecified atom stereocenters. The van der Waals surface area contributed by atoms with Crippen LogP contribution in [0.3, 0.4) is 0 Å². The van der Waals surface area contributed by atoms with Gasteiger partial charge in [0.25, 0.3) is 0 Å². The predicted octanol–water partition coefficient (Wildman–Crippen LogP) is 4.10. The van der Waals surface area contributed by atoms with Gasteiger partial charge < -0.3 is 9.47 Å². The molecule has 4 fully saturated rings. The Bertz CT molecular complexity index is 508. The van der Waals surface area contributed by atoms with E-state index in [1.807, 2.05) is 0 Å². The van der Waals surface area contributed by atoms with Crippen LogP contribution in [0.25, 0.3) is 0 Å². The molecule has 4 saturated carbocycles. The maximum atomic E-state index is 5.61. The zero-order valence-corrected chi connectivity index (χ0v) is 16.3. The van der Waals surface area contributed by atoms with Gasteiger partial charge in [-0.1, -0.05) is 0 Å². The molecule has 0 atom stereocenters. The summed E-state index contributed by atoms with van der Waals surface area (Å²) in [6, 6.07) is 0. The quantitative estimate of drug-likeness (QED) is 0.740. The van der Waals surface area contributed by atoms with Crippen molar-refractivity contribution in [3.8, 4) is 0 Å². The molecule has 0 amide bonds. The highest BCUT2D eigenvalue weighted by Crippen LogP contribution is 2.56. The first-order valence-corrected chi connectivity index (χ1v) is 10.1. The van der Waals surface area contributed by atoms with Crippen LogP contribution in [0, 0.1) is 22.7 Å². The number of ether oxygens (including phenoxy) is 2. The molecule has 0 aromatic heterocycles. The van der Waals surface area contributed by atoms with E-state index in [1.54, 1.807) is 0 Å². The van der Waals surface area contributed by atoms with Crippen LogP contribution in [0.15, 0.2) is 9.98 Å². The highest BCUT2D eigenvalue weighted by atomic mass is 32.1. The van der Waals surface area contributed by atoms with Crippen molar-refractivity contribution >= 4 is 25.3 Å². The summed E-state index contributed by atoms with van der Waals surface area (Å²) in [6.07, 6.45) is 13.8. The molecule has 4 nitrogen and oxygen atoms in total. The van der Waals surface area contributed by atoms with Crippen LogP contribution in [0.2, 0.25) is 0 Å². The normalized spacial score (nSPS) is 42.9. The van der Waals surface area contributed by atoms with Crippen LogP contribution in [0.4, 0.5) is 0 Å². The van der Waals surface area contributed by atoms with Gasteiger partial charge in [0.15, 0.2) is 11.8 Å². The fraction of sp³-hybridized carbons (Fsp3) is 0.900. The van der Waals surface area contributed by atoms with Gasteiger partial charge in [0, 0.05) is 10.8 Å².